The molecule has 1 heterocycles. The lowest BCUT2D eigenvalue weighted by atomic mass is 9.82. The van der Waals surface area contributed by atoms with Gasteiger partial charge < -0.3 is 25.2 Å². The number of carboxylic acids is 1. The van der Waals surface area contributed by atoms with Crippen LogP contribution in [0.4, 0.5) is 5.82 Å². The van der Waals surface area contributed by atoms with E-state index in [1.165, 1.54) is 6.20 Å². The number of amides is 1. The number of nitrogens with zero attached hydrogens (tertiary/aromatic N) is 1. The maximum absolute atomic E-state index is 12.6. The van der Waals surface area contributed by atoms with Crippen molar-refractivity contribution < 1.29 is 24.2 Å². The van der Waals surface area contributed by atoms with Crippen LogP contribution in [0, 0.1) is 11.8 Å². The van der Waals surface area contributed by atoms with Gasteiger partial charge in [-0.05, 0) is 55.9 Å². The molecule has 1 unspecified atom stereocenters. The minimum Gasteiger partial charge on any atom is -0.496 e. The molecule has 0 saturated heterocycles. The quantitative estimate of drug-likeness (QED) is 0.421. The largest absolute Gasteiger partial charge is 0.496 e. The van der Waals surface area contributed by atoms with E-state index in [1.54, 1.807) is 38.5 Å². The number of methoxy groups -OCH3 is 2. The summed E-state index contributed by atoms with van der Waals surface area (Å²) in [4.78, 5) is 28.1. The first-order valence-corrected chi connectivity index (χ1v) is 11.8. The van der Waals surface area contributed by atoms with Crippen LogP contribution in [-0.4, -0.2) is 49.3 Å². The molecule has 1 fully saturated rings. The van der Waals surface area contributed by atoms with Crippen molar-refractivity contribution >= 4 is 40.9 Å². The van der Waals surface area contributed by atoms with Gasteiger partial charge in [-0.15, -0.1) is 0 Å². The molecule has 0 aliphatic heterocycles. The Balaban J connectivity index is 1.64. The predicted octanol–water partition coefficient (Wildman–Crippen LogP) is 4.82. The monoisotopic (exact) mass is 509 g/mol. The zero-order chi connectivity index (χ0) is 24.7. The second kappa shape index (κ2) is 12.2. The molecular formula is C24H29Cl2N3O5. The van der Waals surface area contributed by atoms with Crippen molar-refractivity contribution in [2.45, 2.75) is 31.7 Å². The molecule has 1 atom stereocenters. The Morgan fingerprint density at radius 2 is 1.91 bits per heavy atom. The van der Waals surface area contributed by atoms with Crippen molar-refractivity contribution in [1.82, 2.24) is 10.3 Å². The van der Waals surface area contributed by atoms with Gasteiger partial charge in [-0.1, -0.05) is 23.2 Å². The van der Waals surface area contributed by atoms with Gasteiger partial charge in [-0.3, -0.25) is 9.59 Å². The summed E-state index contributed by atoms with van der Waals surface area (Å²) in [5.74, 6) is 0.0256. The molecule has 1 aliphatic rings. The van der Waals surface area contributed by atoms with Crippen molar-refractivity contribution in [3.05, 3.63) is 51.6 Å². The summed E-state index contributed by atoms with van der Waals surface area (Å²) in [6.45, 7) is 0.800. The zero-order valence-corrected chi connectivity index (χ0v) is 20.7. The first kappa shape index (κ1) is 26.1. The highest BCUT2D eigenvalue weighted by Gasteiger charge is 2.26. The first-order valence-electron chi connectivity index (χ1n) is 11.1. The van der Waals surface area contributed by atoms with Crippen LogP contribution in [0.1, 0.15) is 47.6 Å². The highest BCUT2D eigenvalue weighted by molar-refractivity contribution is 6.33. The van der Waals surface area contributed by atoms with Gasteiger partial charge in [0.2, 0.25) is 0 Å². The van der Waals surface area contributed by atoms with Crippen LogP contribution in [0.25, 0.3) is 0 Å². The molecule has 1 aliphatic carbocycles. The van der Waals surface area contributed by atoms with Gasteiger partial charge in [0.05, 0.1) is 36.3 Å². The molecule has 10 heteroatoms. The van der Waals surface area contributed by atoms with Crippen LogP contribution in [0.5, 0.6) is 5.75 Å². The average Bonchev–Trinajstić information content (AvgIpc) is 2.83. The normalized spacial score (nSPS) is 18.7. The number of pyridine rings is 1. The van der Waals surface area contributed by atoms with Gasteiger partial charge in [0.25, 0.3) is 5.91 Å². The van der Waals surface area contributed by atoms with E-state index >= 15 is 0 Å². The first-order chi connectivity index (χ1) is 16.3. The molecule has 0 spiro atoms. The lowest BCUT2D eigenvalue weighted by molar-refractivity contribution is -0.143. The molecule has 0 radical (unpaired) electrons. The summed E-state index contributed by atoms with van der Waals surface area (Å²) in [7, 11) is 3.16. The highest BCUT2D eigenvalue weighted by atomic mass is 35.5. The van der Waals surface area contributed by atoms with E-state index in [4.69, 9.17) is 37.8 Å². The van der Waals surface area contributed by atoms with Gasteiger partial charge in [0.1, 0.15) is 11.6 Å². The Morgan fingerprint density at radius 1 is 1.18 bits per heavy atom. The number of rotatable bonds is 10. The number of nitrogens with one attached hydrogen (secondary N) is 2. The minimum absolute atomic E-state index is 0.270. The van der Waals surface area contributed by atoms with Crippen molar-refractivity contribution in [2.75, 3.05) is 32.7 Å². The maximum Gasteiger partial charge on any atom is 0.306 e. The van der Waals surface area contributed by atoms with Crippen LogP contribution in [0.15, 0.2) is 30.5 Å². The number of hydrogen-bond acceptors (Lipinski definition) is 6. The van der Waals surface area contributed by atoms with E-state index in [1.807, 2.05) is 0 Å². The molecule has 3 rings (SSSR count). The molecule has 1 aromatic heterocycles. The number of aliphatic carboxylic acids is 1. The van der Waals surface area contributed by atoms with Crippen molar-refractivity contribution in [1.29, 1.82) is 0 Å². The third-order valence-electron chi connectivity index (χ3n) is 6.06. The van der Waals surface area contributed by atoms with Crippen LogP contribution >= 0.6 is 23.2 Å². The lowest BCUT2D eigenvalue weighted by Crippen LogP contribution is -2.32. The van der Waals surface area contributed by atoms with Gasteiger partial charge in [0, 0.05) is 30.4 Å². The minimum atomic E-state index is -0.738. The second-order valence-corrected chi connectivity index (χ2v) is 9.20. The van der Waals surface area contributed by atoms with Crippen molar-refractivity contribution in [3.8, 4) is 5.75 Å². The highest BCUT2D eigenvalue weighted by Crippen LogP contribution is 2.32. The fraction of sp³-hybridized carbons (Fsp3) is 0.458. The number of carboxylic acid groups (broad SMARTS) is 1. The Hall–Kier alpha value is -2.55. The second-order valence-electron chi connectivity index (χ2n) is 8.36. The van der Waals surface area contributed by atoms with Gasteiger partial charge in [0.15, 0.2) is 0 Å². The molecule has 8 nitrogen and oxygen atoms in total. The number of aromatic nitrogens is 1. The van der Waals surface area contributed by atoms with Crippen LogP contribution in [0.3, 0.4) is 0 Å². The van der Waals surface area contributed by atoms with Crippen LogP contribution in [-0.2, 0) is 9.53 Å². The molecule has 0 bridgehead atoms. The molecule has 2 aromatic rings. The summed E-state index contributed by atoms with van der Waals surface area (Å²) in [6, 6.07) is 6.52. The fourth-order valence-corrected chi connectivity index (χ4v) is 4.54. The van der Waals surface area contributed by atoms with Gasteiger partial charge in [-0.25, -0.2) is 4.98 Å². The SMILES string of the molecule is COCC(Nc1ncc(C(=O)NCC2CCC(C(=O)O)CC2)cc1Cl)c1cc(Cl)ccc1OC. The average molecular weight is 510 g/mol. The fourth-order valence-electron chi connectivity index (χ4n) is 4.14. The number of carbonyl (C=O) groups is 2. The molecule has 1 amide bonds. The number of hydrogen-bond donors (Lipinski definition) is 3. The molecular weight excluding hydrogens is 481 g/mol. The summed E-state index contributed by atoms with van der Waals surface area (Å²) >= 11 is 12.6. The summed E-state index contributed by atoms with van der Waals surface area (Å²) in [5, 5.41) is 16.1. The Labute approximate surface area is 208 Å². The molecule has 34 heavy (non-hydrogen) atoms. The maximum atomic E-state index is 12.6. The van der Waals surface area contributed by atoms with Crippen molar-refractivity contribution in [3.63, 3.8) is 0 Å². The van der Waals surface area contributed by atoms with Gasteiger partial charge in [-0.2, -0.15) is 0 Å². The Kier molecular flexibility index (Phi) is 9.38. The predicted molar refractivity (Wildman–Crippen MR) is 131 cm³/mol. The molecule has 3 N–H and O–H groups in total. The molecule has 1 aromatic carbocycles. The summed E-state index contributed by atoms with van der Waals surface area (Å²) in [6.07, 6.45) is 4.32. The Bertz CT molecular complexity index is 1010. The van der Waals surface area contributed by atoms with E-state index in [2.05, 4.69) is 15.6 Å². The number of carbonyl (C=O) groups excluding carboxylic acids is 1. The van der Waals surface area contributed by atoms with Gasteiger partial charge >= 0.3 is 5.97 Å². The number of ether oxygens (including phenoxy) is 2. The lowest BCUT2D eigenvalue weighted by Gasteiger charge is -2.26. The third-order valence-corrected chi connectivity index (χ3v) is 6.59. The van der Waals surface area contributed by atoms with E-state index in [0.717, 1.165) is 18.4 Å². The van der Waals surface area contributed by atoms with E-state index in [9.17, 15) is 9.59 Å². The third kappa shape index (κ3) is 6.74. The van der Waals surface area contributed by atoms with E-state index < -0.39 is 5.97 Å². The van der Waals surface area contributed by atoms with Crippen molar-refractivity contribution in [2.24, 2.45) is 11.8 Å². The number of benzene rings is 1. The summed E-state index contributed by atoms with van der Waals surface area (Å²) in [5.41, 5.74) is 1.13. The smallest absolute Gasteiger partial charge is 0.306 e. The Morgan fingerprint density at radius 3 is 2.53 bits per heavy atom. The number of halogens is 2. The standard InChI is InChI=1S/C24H29Cl2N3O5/c1-33-13-20(18-10-17(25)7-8-21(18)34-2)29-22-19(26)9-16(12-27-22)23(30)28-11-14-3-5-15(6-4-14)24(31)32/h7-10,12,14-15,20H,3-6,11,13H2,1-2H3,(H,27,29)(H,28,30)(H,31,32). The molecule has 184 valence electrons. The van der Waals surface area contributed by atoms with Crippen LogP contribution < -0.4 is 15.4 Å². The summed E-state index contributed by atoms with van der Waals surface area (Å²) < 4.78 is 10.8. The molecule has 1 saturated carbocycles. The van der Waals surface area contributed by atoms with E-state index in [-0.39, 0.29) is 28.8 Å². The zero-order valence-electron chi connectivity index (χ0n) is 19.1. The topological polar surface area (TPSA) is 110 Å². The number of anilines is 1. The van der Waals surface area contributed by atoms with Crippen LogP contribution in [0.2, 0.25) is 10.0 Å². The van der Waals surface area contributed by atoms with E-state index in [0.29, 0.717) is 48.1 Å².